The first-order valence-corrected chi connectivity index (χ1v) is 18.0. The maximum Gasteiger partial charge on any atom is 0.320 e. The Morgan fingerprint density at radius 2 is 1.67 bits per heavy atom. The lowest BCUT2D eigenvalue weighted by Gasteiger charge is -2.40. The summed E-state index contributed by atoms with van der Waals surface area (Å²) in [5, 5.41) is 14.2. The molecular formula is C37H51ClN6O4. The van der Waals surface area contributed by atoms with Gasteiger partial charge in [-0.15, -0.1) is 0 Å². The minimum atomic E-state index is -0.920. The van der Waals surface area contributed by atoms with E-state index in [0.717, 1.165) is 62.7 Å². The van der Waals surface area contributed by atoms with E-state index in [1.54, 1.807) is 18.2 Å². The van der Waals surface area contributed by atoms with Crippen molar-refractivity contribution in [3.63, 3.8) is 0 Å². The first kappa shape index (κ1) is 35.7. The van der Waals surface area contributed by atoms with Gasteiger partial charge in [0.05, 0.1) is 10.7 Å². The smallest absolute Gasteiger partial charge is 0.320 e. The van der Waals surface area contributed by atoms with Crippen LogP contribution in [0.1, 0.15) is 87.3 Å². The number of carbonyl (C=O) groups excluding carboxylic acids is 3. The number of halogens is 1. The van der Waals surface area contributed by atoms with Crippen molar-refractivity contribution in [2.24, 2.45) is 5.92 Å². The SMILES string of the molecule is Cc1cc(C[C@@H](OC(=O)CCC2CCC(NC(=O)NC(=N)c3ccccc3)CC2)C(=O)N2CCC(N3CCCCC3)CC2)cc(Cl)c1N. The van der Waals surface area contributed by atoms with E-state index in [9.17, 15) is 14.4 Å². The molecule has 48 heavy (non-hydrogen) atoms. The lowest BCUT2D eigenvalue weighted by Crippen LogP contribution is -2.51. The lowest BCUT2D eigenvalue weighted by atomic mass is 9.83. The average Bonchev–Trinajstić information content (AvgIpc) is 3.10. The number of rotatable bonds is 10. The zero-order valence-electron chi connectivity index (χ0n) is 28.1. The summed E-state index contributed by atoms with van der Waals surface area (Å²) in [6.07, 6.45) is 9.28. The van der Waals surface area contributed by atoms with Crippen LogP contribution in [0.2, 0.25) is 5.02 Å². The molecule has 0 aromatic heterocycles. The Labute approximate surface area is 289 Å². The summed E-state index contributed by atoms with van der Waals surface area (Å²) in [5.41, 5.74) is 8.87. The van der Waals surface area contributed by atoms with E-state index in [2.05, 4.69) is 15.5 Å². The Balaban J connectivity index is 1.10. The number of anilines is 1. The van der Waals surface area contributed by atoms with Crippen molar-refractivity contribution in [2.75, 3.05) is 31.9 Å². The van der Waals surface area contributed by atoms with Crippen LogP contribution in [0.15, 0.2) is 42.5 Å². The fourth-order valence-electron chi connectivity index (χ4n) is 7.42. The molecule has 1 saturated carbocycles. The predicted octanol–water partition coefficient (Wildman–Crippen LogP) is 5.83. The van der Waals surface area contributed by atoms with Crippen molar-refractivity contribution in [1.82, 2.24) is 20.4 Å². The zero-order chi connectivity index (χ0) is 34.0. The molecule has 10 nitrogen and oxygen atoms in total. The summed E-state index contributed by atoms with van der Waals surface area (Å²) in [6.45, 7) is 5.50. The molecular weight excluding hydrogens is 628 g/mol. The highest BCUT2D eigenvalue weighted by Crippen LogP contribution is 2.29. The maximum atomic E-state index is 13.9. The van der Waals surface area contributed by atoms with Gasteiger partial charge in [0.25, 0.3) is 5.91 Å². The summed E-state index contributed by atoms with van der Waals surface area (Å²) < 4.78 is 5.96. The van der Waals surface area contributed by atoms with Crippen LogP contribution in [-0.4, -0.2) is 77.9 Å². The predicted molar refractivity (Wildman–Crippen MR) is 189 cm³/mol. The summed E-state index contributed by atoms with van der Waals surface area (Å²) >= 11 is 6.38. The maximum absolute atomic E-state index is 13.9. The topological polar surface area (TPSA) is 141 Å². The van der Waals surface area contributed by atoms with Gasteiger partial charge >= 0.3 is 12.0 Å². The second-order valence-corrected chi connectivity index (χ2v) is 14.1. The molecule has 2 aromatic rings. The number of ether oxygens (including phenoxy) is 1. The second-order valence-electron chi connectivity index (χ2n) is 13.7. The van der Waals surface area contributed by atoms with Crippen LogP contribution in [0.5, 0.6) is 0 Å². The van der Waals surface area contributed by atoms with Gasteiger partial charge in [-0.05, 0) is 101 Å². The van der Waals surface area contributed by atoms with Gasteiger partial charge < -0.3 is 25.6 Å². The third-order valence-electron chi connectivity index (χ3n) is 10.3. The number of amides is 3. The molecule has 0 bridgehead atoms. The molecule has 3 amide bonds. The number of benzene rings is 2. The number of aryl methyl sites for hydroxylation is 1. The minimum Gasteiger partial charge on any atom is -0.452 e. The fraction of sp³-hybridized carbons (Fsp3) is 0.568. The number of hydrogen-bond acceptors (Lipinski definition) is 7. The molecule has 0 spiro atoms. The van der Waals surface area contributed by atoms with Gasteiger partial charge in [-0.1, -0.05) is 54.4 Å². The summed E-state index contributed by atoms with van der Waals surface area (Å²) in [5.74, 6) is -0.110. The van der Waals surface area contributed by atoms with Crippen LogP contribution < -0.4 is 16.4 Å². The zero-order valence-corrected chi connectivity index (χ0v) is 28.9. The monoisotopic (exact) mass is 678 g/mol. The molecule has 2 saturated heterocycles. The van der Waals surface area contributed by atoms with Crippen LogP contribution in [-0.2, 0) is 20.7 Å². The normalized spacial score (nSPS) is 21.2. The molecule has 0 radical (unpaired) electrons. The third kappa shape index (κ3) is 9.95. The van der Waals surface area contributed by atoms with Gasteiger partial charge in [-0.25, -0.2) is 4.79 Å². The van der Waals surface area contributed by atoms with Crippen molar-refractivity contribution < 1.29 is 19.1 Å². The number of urea groups is 1. The van der Waals surface area contributed by atoms with Crippen molar-refractivity contribution in [2.45, 2.75) is 102 Å². The van der Waals surface area contributed by atoms with Crippen molar-refractivity contribution in [1.29, 1.82) is 5.41 Å². The lowest BCUT2D eigenvalue weighted by molar-refractivity contribution is -0.161. The van der Waals surface area contributed by atoms with Gasteiger partial charge in [0.1, 0.15) is 5.84 Å². The molecule has 260 valence electrons. The summed E-state index contributed by atoms with van der Waals surface area (Å²) in [6, 6.07) is 12.9. The average molecular weight is 679 g/mol. The standard InChI is InChI=1S/C37H51ClN6O4/c1-25-22-27(23-31(38)34(25)39)24-32(36(46)44-20-16-30(17-21-44)43-18-6-3-7-19-43)48-33(45)15-12-26-10-13-29(14-11-26)41-37(47)42-35(40)28-8-4-2-5-9-28/h2,4-5,8-9,22-23,26,29-30,32H,3,6-7,10-21,24,39H2,1H3,(H3,40,41,42,47)/t26?,29?,32-/m1/s1. The summed E-state index contributed by atoms with van der Waals surface area (Å²) in [7, 11) is 0. The molecule has 5 N–H and O–H groups in total. The number of piperidine rings is 2. The molecule has 3 aliphatic rings. The molecule has 3 fully saturated rings. The Hall–Kier alpha value is -3.63. The van der Waals surface area contributed by atoms with E-state index < -0.39 is 6.10 Å². The molecule has 2 aliphatic heterocycles. The van der Waals surface area contributed by atoms with Crippen LogP contribution >= 0.6 is 11.6 Å². The molecule has 1 aliphatic carbocycles. The van der Waals surface area contributed by atoms with E-state index in [-0.39, 0.29) is 42.6 Å². The number of nitrogens with two attached hydrogens (primary N) is 1. The van der Waals surface area contributed by atoms with Crippen LogP contribution in [0.4, 0.5) is 10.5 Å². The van der Waals surface area contributed by atoms with Gasteiger partial charge in [-0.3, -0.25) is 20.3 Å². The Kier molecular flexibility index (Phi) is 12.7. The first-order valence-electron chi connectivity index (χ1n) is 17.6. The second kappa shape index (κ2) is 17.2. The van der Waals surface area contributed by atoms with Gasteiger partial charge in [0, 0.05) is 43.6 Å². The van der Waals surface area contributed by atoms with Crippen molar-refractivity contribution in [3.05, 3.63) is 64.2 Å². The van der Waals surface area contributed by atoms with Gasteiger partial charge in [0.15, 0.2) is 6.10 Å². The van der Waals surface area contributed by atoms with E-state index in [4.69, 9.17) is 27.5 Å². The fourth-order valence-corrected chi connectivity index (χ4v) is 7.71. The Bertz CT molecular complexity index is 1390. The molecule has 5 rings (SSSR count). The Morgan fingerprint density at radius 1 is 0.979 bits per heavy atom. The van der Waals surface area contributed by atoms with Gasteiger partial charge in [0.2, 0.25) is 0 Å². The number of nitrogen functional groups attached to an aromatic ring is 1. The van der Waals surface area contributed by atoms with Crippen LogP contribution in [0.25, 0.3) is 0 Å². The molecule has 11 heteroatoms. The number of carbonyl (C=O) groups is 3. The molecule has 0 unspecified atom stereocenters. The number of likely N-dealkylation sites (tertiary alicyclic amines) is 2. The van der Waals surface area contributed by atoms with Crippen LogP contribution in [0.3, 0.4) is 0 Å². The highest BCUT2D eigenvalue weighted by molar-refractivity contribution is 6.33. The minimum absolute atomic E-state index is 0.0213. The number of hydrogen-bond donors (Lipinski definition) is 4. The first-order chi connectivity index (χ1) is 23.2. The van der Waals surface area contributed by atoms with E-state index in [0.29, 0.717) is 47.7 Å². The molecule has 2 heterocycles. The highest BCUT2D eigenvalue weighted by Gasteiger charge is 2.33. The number of esters is 1. The van der Waals surface area contributed by atoms with Crippen molar-refractivity contribution >= 4 is 41.0 Å². The summed E-state index contributed by atoms with van der Waals surface area (Å²) in [4.78, 5) is 44.0. The highest BCUT2D eigenvalue weighted by atomic mass is 35.5. The quantitative estimate of drug-likeness (QED) is 0.108. The Morgan fingerprint density at radius 3 is 2.33 bits per heavy atom. The van der Waals surface area contributed by atoms with Gasteiger partial charge in [-0.2, -0.15) is 0 Å². The number of nitrogens with one attached hydrogen (secondary N) is 3. The third-order valence-corrected chi connectivity index (χ3v) is 10.6. The van der Waals surface area contributed by atoms with Crippen LogP contribution in [0, 0.1) is 18.3 Å². The van der Waals surface area contributed by atoms with E-state index in [1.807, 2.05) is 36.1 Å². The van der Waals surface area contributed by atoms with E-state index >= 15 is 0 Å². The largest absolute Gasteiger partial charge is 0.452 e. The number of nitrogens with zero attached hydrogens (tertiary/aromatic N) is 2. The van der Waals surface area contributed by atoms with E-state index in [1.165, 1.54) is 19.3 Å². The number of amidine groups is 1. The molecule has 2 aromatic carbocycles. The molecule has 1 atom stereocenters. The van der Waals surface area contributed by atoms with Crippen molar-refractivity contribution in [3.8, 4) is 0 Å².